The Morgan fingerprint density at radius 1 is 1.14 bits per heavy atom. The number of aromatic amines is 1. The third-order valence-corrected chi connectivity index (χ3v) is 5.01. The number of aromatic nitrogens is 2. The van der Waals surface area contributed by atoms with Gasteiger partial charge in [-0.15, -0.1) is 0 Å². The summed E-state index contributed by atoms with van der Waals surface area (Å²) in [4.78, 5) is 8.01. The summed E-state index contributed by atoms with van der Waals surface area (Å²) < 4.78 is 0. The van der Waals surface area contributed by atoms with Crippen LogP contribution in [-0.4, -0.2) is 15.7 Å². The Morgan fingerprint density at radius 3 is 2.95 bits per heavy atom. The van der Waals surface area contributed by atoms with Gasteiger partial charge in [0.1, 0.15) is 5.82 Å². The van der Waals surface area contributed by atoms with Gasteiger partial charge >= 0.3 is 0 Å². The van der Waals surface area contributed by atoms with E-state index in [2.05, 4.69) is 45.6 Å². The zero-order valence-electron chi connectivity index (χ0n) is 11.7. The lowest BCUT2D eigenvalue weighted by Gasteiger charge is -2.25. The van der Waals surface area contributed by atoms with Crippen molar-refractivity contribution in [2.75, 3.05) is 5.75 Å². The maximum absolute atomic E-state index is 4.63. The van der Waals surface area contributed by atoms with Crippen molar-refractivity contribution in [3.05, 3.63) is 65.5 Å². The van der Waals surface area contributed by atoms with Gasteiger partial charge in [0.05, 0.1) is 17.6 Å². The summed E-state index contributed by atoms with van der Waals surface area (Å²) in [5.74, 6) is 3.25. The van der Waals surface area contributed by atoms with Gasteiger partial charge in [-0.1, -0.05) is 36.4 Å². The molecule has 3 nitrogen and oxygen atoms in total. The van der Waals surface area contributed by atoms with Crippen molar-refractivity contribution < 1.29 is 0 Å². The quantitative estimate of drug-likeness (QED) is 0.775. The maximum Gasteiger partial charge on any atom is 0.121 e. The van der Waals surface area contributed by atoms with Crippen molar-refractivity contribution in [3.8, 4) is 0 Å². The molecule has 1 aliphatic heterocycles. The molecule has 4 rings (SSSR count). The number of para-hydroxylation sites is 2. The molecule has 0 fully saturated rings. The molecule has 4 heteroatoms. The number of nitrogens with one attached hydrogen (secondary N) is 2. The van der Waals surface area contributed by atoms with Crippen LogP contribution in [0.5, 0.6) is 0 Å². The number of H-pyrrole nitrogens is 1. The molecule has 0 amide bonds. The Bertz CT molecular complexity index is 732. The SMILES string of the molecule is c1ccc2c(c1)CSCC2NCc1nc2ccccc2[nH]1. The summed E-state index contributed by atoms with van der Waals surface area (Å²) in [6, 6.07) is 17.3. The third kappa shape index (κ3) is 2.57. The highest BCUT2D eigenvalue weighted by Gasteiger charge is 2.19. The minimum absolute atomic E-state index is 0.410. The second kappa shape index (κ2) is 5.54. The fourth-order valence-corrected chi connectivity index (χ4v) is 3.99. The molecule has 21 heavy (non-hydrogen) atoms. The molecule has 1 aromatic heterocycles. The van der Waals surface area contributed by atoms with Crippen LogP contribution < -0.4 is 5.32 Å². The van der Waals surface area contributed by atoms with E-state index in [0.29, 0.717) is 6.04 Å². The Hall–Kier alpha value is -1.78. The lowest BCUT2D eigenvalue weighted by Crippen LogP contribution is -2.26. The molecule has 1 aliphatic rings. The summed E-state index contributed by atoms with van der Waals surface area (Å²) in [5, 5.41) is 3.64. The Morgan fingerprint density at radius 2 is 2.00 bits per heavy atom. The van der Waals surface area contributed by atoms with Crippen LogP contribution >= 0.6 is 11.8 Å². The van der Waals surface area contributed by atoms with Crippen molar-refractivity contribution in [3.63, 3.8) is 0 Å². The molecule has 2 N–H and O–H groups in total. The predicted octanol–water partition coefficient (Wildman–Crippen LogP) is 3.64. The Kier molecular flexibility index (Phi) is 3.41. The van der Waals surface area contributed by atoms with Crippen LogP contribution in [0.2, 0.25) is 0 Å². The highest BCUT2D eigenvalue weighted by Crippen LogP contribution is 2.31. The smallest absolute Gasteiger partial charge is 0.121 e. The van der Waals surface area contributed by atoms with Crippen LogP contribution in [0.3, 0.4) is 0 Å². The molecule has 2 aromatic carbocycles. The van der Waals surface area contributed by atoms with Crippen LogP contribution in [0.15, 0.2) is 48.5 Å². The molecule has 3 aromatic rings. The van der Waals surface area contributed by atoms with Crippen molar-refractivity contribution in [1.82, 2.24) is 15.3 Å². The van der Waals surface area contributed by atoms with Crippen molar-refractivity contribution in [2.24, 2.45) is 0 Å². The van der Waals surface area contributed by atoms with Gasteiger partial charge in [0.15, 0.2) is 0 Å². The number of hydrogen-bond acceptors (Lipinski definition) is 3. The lowest BCUT2D eigenvalue weighted by atomic mass is 10.0. The van der Waals surface area contributed by atoms with E-state index in [9.17, 15) is 0 Å². The molecule has 0 saturated heterocycles. The van der Waals surface area contributed by atoms with E-state index in [1.54, 1.807) is 0 Å². The number of benzene rings is 2. The van der Waals surface area contributed by atoms with Crippen LogP contribution in [-0.2, 0) is 12.3 Å². The van der Waals surface area contributed by atoms with E-state index in [1.807, 2.05) is 30.0 Å². The predicted molar refractivity (Wildman–Crippen MR) is 88.3 cm³/mol. The first-order valence-electron chi connectivity index (χ1n) is 7.23. The van der Waals surface area contributed by atoms with Gasteiger partial charge in [-0.25, -0.2) is 4.98 Å². The second-order valence-electron chi connectivity index (χ2n) is 5.35. The van der Waals surface area contributed by atoms with Crippen LogP contribution in [0.4, 0.5) is 0 Å². The van der Waals surface area contributed by atoms with Crippen LogP contribution in [0.1, 0.15) is 23.0 Å². The van der Waals surface area contributed by atoms with E-state index < -0.39 is 0 Å². The van der Waals surface area contributed by atoms with Gasteiger partial charge in [-0.3, -0.25) is 0 Å². The van der Waals surface area contributed by atoms with Gasteiger partial charge < -0.3 is 10.3 Å². The van der Waals surface area contributed by atoms with Crippen LogP contribution in [0.25, 0.3) is 11.0 Å². The van der Waals surface area contributed by atoms with Gasteiger partial charge in [-0.05, 0) is 23.3 Å². The van der Waals surface area contributed by atoms with E-state index >= 15 is 0 Å². The highest BCUT2D eigenvalue weighted by molar-refractivity contribution is 7.98. The number of thioether (sulfide) groups is 1. The molecule has 0 aliphatic carbocycles. The molecule has 1 unspecified atom stereocenters. The number of imidazole rings is 1. The second-order valence-corrected chi connectivity index (χ2v) is 6.38. The fourth-order valence-electron chi connectivity index (χ4n) is 2.86. The lowest BCUT2D eigenvalue weighted by molar-refractivity contribution is 0.563. The Labute approximate surface area is 128 Å². The van der Waals surface area contributed by atoms with Gasteiger partial charge in [0.25, 0.3) is 0 Å². The van der Waals surface area contributed by atoms with Gasteiger partial charge in [0.2, 0.25) is 0 Å². The minimum atomic E-state index is 0.410. The average molecular weight is 295 g/mol. The van der Waals surface area contributed by atoms with E-state index in [-0.39, 0.29) is 0 Å². The highest BCUT2D eigenvalue weighted by atomic mass is 32.2. The molecule has 0 saturated carbocycles. The van der Waals surface area contributed by atoms with Crippen LogP contribution in [0, 0.1) is 0 Å². The number of rotatable bonds is 3. The standard InChI is InChI=1S/C17H17N3S/c1-2-6-13-12(5-1)10-21-11-16(13)18-9-17-19-14-7-3-4-8-15(14)20-17/h1-8,16,18H,9-11H2,(H,19,20). The fraction of sp³-hybridized carbons (Fsp3) is 0.235. The summed E-state index contributed by atoms with van der Waals surface area (Å²) in [6.45, 7) is 0.772. The van der Waals surface area contributed by atoms with Crippen molar-refractivity contribution in [2.45, 2.75) is 18.3 Å². The van der Waals surface area contributed by atoms with E-state index in [0.717, 1.165) is 34.9 Å². The van der Waals surface area contributed by atoms with Gasteiger partial charge in [-0.2, -0.15) is 11.8 Å². The molecule has 0 spiro atoms. The minimum Gasteiger partial charge on any atom is -0.341 e. The average Bonchev–Trinajstić information content (AvgIpc) is 2.96. The zero-order chi connectivity index (χ0) is 14.1. The largest absolute Gasteiger partial charge is 0.341 e. The first kappa shape index (κ1) is 12.9. The first-order chi connectivity index (χ1) is 10.4. The topological polar surface area (TPSA) is 40.7 Å². The Balaban J connectivity index is 1.52. The molecule has 2 heterocycles. The molecule has 0 radical (unpaired) electrons. The molecular formula is C17H17N3S. The van der Waals surface area contributed by atoms with Crippen molar-refractivity contribution in [1.29, 1.82) is 0 Å². The third-order valence-electron chi connectivity index (χ3n) is 3.93. The number of hydrogen-bond donors (Lipinski definition) is 2. The molecule has 1 atom stereocenters. The monoisotopic (exact) mass is 295 g/mol. The molecule has 0 bridgehead atoms. The van der Waals surface area contributed by atoms with E-state index in [4.69, 9.17) is 0 Å². The summed E-state index contributed by atoms with van der Waals surface area (Å²) in [5.41, 5.74) is 5.03. The van der Waals surface area contributed by atoms with E-state index in [1.165, 1.54) is 11.1 Å². The van der Waals surface area contributed by atoms with Gasteiger partial charge in [0, 0.05) is 17.5 Å². The molecular weight excluding hydrogens is 278 g/mol. The number of fused-ring (bicyclic) bond motifs is 2. The normalized spacial score (nSPS) is 17.8. The molecule has 106 valence electrons. The maximum atomic E-state index is 4.63. The zero-order valence-corrected chi connectivity index (χ0v) is 12.5. The van der Waals surface area contributed by atoms with Crippen molar-refractivity contribution >= 4 is 22.8 Å². The first-order valence-corrected chi connectivity index (χ1v) is 8.38. The summed E-state index contributed by atoms with van der Waals surface area (Å²) >= 11 is 1.99. The summed E-state index contributed by atoms with van der Waals surface area (Å²) in [7, 11) is 0. The number of nitrogens with zero attached hydrogens (tertiary/aromatic N) is 1. The summed E-state index contributed by atoms with van der Waals surface area (Å²) in [6.07, 6.45) is 0.